The van der Waals surface area contributed by atoms with Gasteiger partial charge in [-0.2, -0.15) is 0 Å². The van der Waals surface area contributed by atoms with Gasteiger partial charge in [0.2, 0.25) is 0 Å². The highest BCUT2D eigenvalue weighted by atomic mass is 31.2. The number of allylic oxidation sites excluding steroid dienone is 3. The number of phosphoric acid groups is 1. The van der Waals surface area contributed by atoms with Crippen LogP contribution < -0.4 is 5.73 Å². The van der Waals surface area contributed by atoms with Crippen molar-refractivity contribution in [2.45, 2.75) is 192 Å². The van der Waals surface area contributed by atoms with E-state index in [2.05, 4.69) is 30.5 Å². The van der Waals surface area contributed by atoms with Gasteiger partial charge in [0.15, 0.2) is 6.10 Å². The summed E-state index contributed by atoms with van der Waals surface area (Å²) in [5, 5.41) is 40.3. The fourth-order valence-electron chi connectivity index (χ4n) is 6.86. The van der Waals surface area contributed by atoms with Crippen LogP contribution in [0.1, 0.15) is 162 Å². The van der Waals surface area contributed by atoms with Crippen molar-refractivity contribution in [1.82, 2.24) is 0 Å². The highest BCUT2D eigenvalue weighted by molar-refractivity contribution is 7.47. The first-order chi connectivity index (χ1) is 28.3. The van der Waals surface area contributed by atoms with E-state index >= 15 is 0 Å². The molecule has 0 aromatic rings. The van der Waals surface area contributed by atoms with E-state index in [1.54, 1.807) is 18.2 Å². The van der Waals surface area contributed by atoms with Gasteiger partial charge in [-0.1, -0.05) is 134 Å². The lowest BCUT2D eigenvalue weighted by Gasteiger charge is -2.20. The summed E-state index contributed by atoms with van der Waals surface area (Å²) in [5.74, 6) is -3.43. The van der Waals surface area contributed by atoms with Crippen LogP contribution in [-0.4, -0.2) is 93.5 Å². The minimum Gasteiger partial charge on any atom is -0.480 e. The quantitative estimate of drug-likeness (QED) is 0.0150. The lowest BCUT2D eigenvalue weighted by molar-refractivity contribution is -0.160. The number of ether oxygens (including phenoxy) is 2. The van der Waals surface area contributed by atoms with Crippen LogP contribution in [0.15, 0.2) is 36.5 Å². The Balaban J connectivity index is 2.53. The third kappa shape index (κ3) is 28.7. The van der Waals surface area contributed by atoms with Gasteiger partial charge in [-0.3, -0.25) is 23.4 Å². The molecule has 1 aliphatic carbocycles. The molecule has 1 unspecified atom stereocenters. The zero-order chi connectivity index (χ0) is 43.7. The Morgan fingerprint density at radius 2 is 1.32 bits per heavy atom. The largest absolute Gasteiger partial charge is 0.480 e. The first kappa shape index (κ1) is 54.6. The van der Waals surface area contributed by atoms with Crippen molar-refractivity contribution in [3.05, 3.63) is 36.5 Å². The van der Waals surface area contributed by atoms with E-state index in [0.29, 0.717) is 19.3 Å². The number of phosphoric ester groups is 1. The molecule has 0 heterocycles. The van der Waals surface area contributed by atoms with Crippen LogP contribution in [0, 0.1) is 11.8 Å². The minimum atomic E-state index is -4.81. The summed E-state index contributed by atoms with van der Waals surface area (Å²) < 4.78 is 32.6. The van der Waals surface area contributed by atoms with Crippen LogP contribution in [0.25, 0.3) is 0 Å². The van der Waals surface area contributed by atoms with Gasteiger partial charge in [0, 0.05) is 18.8 Å². The number of esters is 2. The van der Waals surface area contributed by atoms with Gasteiger partial charge in [-0.05, 0) is 50.9 Å². The second-order valence-corrected chi connectivity index (χ2v) is 17.3. The van der Waals surface area contributed by atoms with E-state index in [9.17, 15) is 39.2 Å². The molecule has 59 heavy (non-hydrogen) atoms. The third-order valence-corrected chi connectivity index (χ3v) is 11.4. The van der Waals surface area contributed by atoms with Gasteiger partial charge in [0.05, 0.1) is 37.9 Å². The molecule has 0 saturated heterocycles. The molecular formula is C44H78NO13P. The summed E-state index contributed by atoms with van der Waals surface area (Å²) in [6.45, 7) is 2.35. The SMILES string of the molecule is CCCCCCCC/C=C\CCCCCCCCCC(=O)OC[C@H](COP(=O)(O)OC[C@H](N)C(=O)O)OC(=O)C/C=C\C[C@H]1[C@@H](/C=C/[C@H](O)CCCCC)[C@H](O)C[C@@H]1O. The van der Waals surface area contributed by atoms with Gasteiger partial charge in [0.1, 0.15) is 12.6 Å². The molecule has 14 nitrogen and oxygen atoms in total. The van der Waals surface area contributed by atoms with E-state index in [1.807, 2.05) is 0 Å². The van der Waals surface area contributed by atoms with E-state index in [0.717, 1.165) is 51.4 Å². The van der Waals surface area contributed by atoms with Crippen LogP contribution in [0.3, 0.4) is 0 Å². The Morgan fingerprint density at radius 1 is 0.746 bits per heavy atom. The van der Waals surface area contributed by atoms with Crippen molar-refractivity contribution in [2.75, 3.05) is 19.8 Å². The normalized spacial score (nSPS) is 20.9. The summed E-state index contributed by atoms with van der Waals surface area (Å²) >= 11 is 0. The molecular weight excluding hydrogens is 781 g/mol. The maximum absolute atomic E-state index is 12.8. The Hall–Kier alpha value is -2.42. The molecule has 0 aliphatic heterocycles. The number of carboxylic acid groups (broad SMARTS) is 1. The van der Waals surface area contributed by atoms with Crippen molar-refractivity contribution in [2.24, 2.45) is 17.6 Å². The number of hydrogen-bond donors (Lipinski definition) is 6. The number of hydrogen-bond acceptors (Lipinski definition) is 12. The average molecular weight is 860 g/mol. The standard InChI is InChI=1S/C44H78NO13P/c1-3-5-7-8-9-10-11-12-13-14-15-16-17-18-19-20-22-27-42(49)55-32-36(33-56-59(53,54)57-34-39(45)44(51)52)58-43(50)28-24-23-26-37-38(41(48)31-40(37)47)30-29-35(46)25-21-6-4-2/h12-13,23-24,29-30,35-41,46-48H,3-11,14-22,25-28,31-34,45H2,1-2H3,(H,51,52)(H,53,54)/b13-12-,24-23-,30-29+/t35-,36-,37+,38-,39+,40+,41-/m1/s1. The predicted octanol–water partition coefficient (Wildman–Crippen LogP) is 8.00. The number of aliphatic carboxylic acids is 1. The molecule has 1 saturated carbocycles. The Kier molecular flexibility index (Phi) is 31.6. The third-order valence-electron chi connectivity index (χ3n) is 10.5. The van der Waals surface area contributed by atoms with E-state index in [4.69, 9.17) is 24.8 Å². The molecule has 8 atom stereocenters. The van der Waals surface area contributed by atoms with Crippen molar-refractivity contribution < 1.29 is 62.8 Å². The zero-order valence-corrected chi connectivity index (χ0v) is 36.8. The number of carbonyl (C=O) groups is 3. The van der Waals surface area contributed by atoms with Crippen molar-refractivity contribution in [3.8, 4) is 0 Å². The number of carbonyl (C=O) groups excluding carboxylic acids is 2. The fourth-order valence-corrected chi connectivity index (χ4v) is 7.64. The second kappa shape index (κ2) is 34.2. The first-order valence-electron chi connectivity index (χ1n) is 22.3. The van der Waals surface area contributed by atoms with Crippen molar-refractivity contribution in [1.29, 1.82) is 0 Å². The Labute approximate surface area is 353 Å². The van der Waals surface area contributed by atoms with Gasteiger partial charge >= 0.3 is 25.7 Å². The summed E-state index contributed by atoms with van der Waals surface area (Å²) in [6.07, 6.45) is 29.1. The molecule has 7 N–H and O–H groups in total. The second-order valence-electron chi connectivity index (χ2n) is 15.8. The molecule has 0 amide bonds. The number of rotatable bonds is 37. The number of unbranched alkanes of at least 4 members (excludes halogenated alkanes) is 15. The summed E-state index contributed by atoms with van der Waals surface area (Å²) in [6, 6.07) is -1.57. The van der Waals surface area contributed by atoms with Crippen LogP contribution in [0.2, 0.25) is 0 Å². The molecule has 0 spiro atoms. The van der Waals surface area contributed by atoms with Crippen molar-refractivity contribution >= 4 is 25.7 Å². The molecule has 0 radical (unpaired) electrons. The highest BCUT2D eigenvalue weighted by Gasteiger charge is 2.39. The van der Waals surface area contributed by atoms with Crippen LogP contribution in [0.5, 0.6) is 0 Å². The van der Waals surface area contributed by atoms with Crippen molar-refractivity contribution in [3.63, 3.8) is 0 Å². The molecule has 1 rings (SSSR count). The maximum atomic E-state index is 12.8. The zero-order valence-electron chi connectivity index (χ0n) is 35.9. The summed E-state index contributed by atoms with van der Waals surface area (Å²) in [7, 11) is -4.81. The number of aliphatic hydroxyl groups is 3. The number of nitrogens with two attached hydrogens (primary N) is 1. The van der Waals surface area contributed by atoms with E-state index < -0.39 is 76.0 Å². The summed E-state index contributed by atoms with van der Waals surface area (Å²) in [4.78, 5) is 46.3. The molecule has 0 aromatic heterocycles. The molecule has 1 aliphatic rings. The fraction of sp³-hybridized carbons (Fsp3) is 0.795. The summed E-state index contributed by atoms with van der Waals surface area (Å²) in [5.41, 5.74) is 5.33. The molecule has 342 valence electrons. The lowest BCUT2D eigenvalue weighted by Crippen LogP contribution is -2.34. The predicted molar refractivity (Wildman–Crippen MR) is 228 cm³/mol. The monoisotopic (exact) mass is 860 g/mol. The van der Waals surface area contributed by atoms with Gasteiger partial charge in [-0.25, -0.2) is 4.57 Å². The minimum absolute atomic E-state index is 0.151. The molecule has 0 bridgehead atoms. The first-order valence-corrected chi connectivity index (χ1v) is 23.8. The maximum Gasteiger partial charge on any atom is 0.472 e. The Morgan fingerprint density at radius 3 is 1.95 bits per heavy atom. The average Bonchev–Trinajstić information content (AvgIpc) is 3.47. The van der Waals surface area contributed by atoms with Crippen LogP contribution in [-0.2, 0) is 37.5 Å². The lowest BCUT2D eigenvalue weighted by atomic mass is 9.89. The van der Waals surface area contributed by atoms with Crippen LogP contribution >= 0.6 is 7.82 Å². The highest BCUT2D eigenvalue weighted by Crippen LogP contribution is 2.43. The van der Waals surface area contributed by atoms with Crippen LogP contribution in [0.4, 0.5) is 0 Å². The molecule has 1 fully saturated rings. The smallest absolute Gasteiger partial charge is 0.472 e. The molecule has 0 aromatic carbocycles. The Bertz CT molecular complexity index is 1260. The molecule has 15 heteroatoms. The van der Waals surface area contributed by atoms with E-state index in [-0.39, 0.29) is 31.1 Å². The number of carboxylic acids is 1. The van der Waals surface area contributed by atoms with Gasteiger partial charge in [-0.15, -0.1) is 0 Å². The number of aliphatic hydroxyl groups excluding tert-OH is 3. The van der Waals surface area contributed by atoms with Gasteiger partial charge < -0.3 is 40.5 Å². The topological polar surface area (TPSA) is 232 Å². The van der Waals surface area contributed by atoms with E-state index in [1.165, 1.54) is 63.9 Å². The van der Waals surface area contributed by atoms with Gasteiger partial charge in [0.25, 0.3) is 0 Å².